The normalized spacial score (nSPS) is 22.1. The SMILES string of the molecule is CCC1CC(Nc2ccc(Cn3cccn3)cc2)CCO1. The van der Waals surface area contributed by atoms with Gasteiger partial charge in [0.2, 0.25) is 0 Å². The maximum absolute atomic E-state index is 5.72. The predicted octanol–water partition coefficient (Wildman–Crippen LogP) is 3.30. The monoisotopic (exact) mass is 285 g/mol. The second-order valence-corrected chi connectivity index (χ2v) is 5.67. The molecule has 3 rings (SSSR count). The molecule has 0 bridgehead atoms. The molecule has 2 heterocycles. The van der Waals surface area contributed by atoms with Crippen LogP contribution in [0, 0.1) is 0 Å². The molecular weight excluding hydrogens is 262 g/mol. The van der Waals surface area contributed by atoms with Crippen LogP contribution in [0.5, 0.6) is 0 Å². The lowest BCUT2D eigenvalue weighted by Crippen LogP contribution is -2.33. The Hall–Kier alpha value is -1.81. The van der Waals surface area contributed by atoms with E-state index in [0.29, 0.717) is 12.1 Å². The summed E-state index contributed by atoms with van der Waals surface area (Å²) in [7, 11) is 0. The number of ether oxygens (including phenoxy) is 1. The Labute approximate surface area is 126 Å². The highest BCUT2D eigenvalue weighted by Crippen LogP contribution is 2.21. The van der Waals surface area contributed by atoms with E-state index in [1.165, 1.54) is 11.3 Å². The third-order valence-electron chi connectivity index (χ3n) is 4.05. The number of hydrogen-bond donors (Lipinski definition) is 1. The Morgan fingerprint density at radius 2 is 2.19 bits per heavy atom. The average molecular weight is 285 g/mol. The zero-order chi connectivity index (χ0) is 14.5. The minimum atomic E-state index is 0.412. The van der Waals surface area contributed by atoms with Crippen LogP contribution >= 0.6 is 0 Å². The fraction of sp³-hybridized carbons (Fsp3) is 0.471. The minimum absolute atomic E-state index is 0.412. The molecule has 4 nitrogen and oxygen atoms in total. The number of aromatic nitrogens is 2. The smallest absolute Gasteiger partial charge is 0.0659 e. The first-order chi connectivity index (χ1) is 10.3. The van der Waals surface area contributed by atoms with E-state index >= 15 is 0 Å². The van der Waals surface area contributed by atoms with Gasteiger partial charge < -0.3 is 10.1 Å². The summed E-state index contributed by atoms with van der Waals surface area (Å²) in [5.74, 6) is 0. The van der Waals surface area contributed by atoms with Gasteiger partial charge in [-0.3, -0.25) is 4.68 Å². The van der Waals surface area contributed by atoms with Gasteiger partial charge in [0, 0.05) is 30.7 Å². The van der Waals surface area contributed by atoms with Gasteiger partial charge in [-0.05, 0) is 43.0 Å². The van der Waals surface area contributed by atoms with Crippen molar-refractivity contribution in [3.05, 3.63) is 48.3 Å². The van der Waals surface area contributed by atoms with Crippen LogP contribution in [0.4, 0.5) is 5.69 Å². The molecule has 0 radical (unpaired) electrons. The van der Waals surface area contributed by atoms with Crippen LogP contribution < -0.4 is 5.32 Å². The van der Waals surface area contributed by atoms with Gasteiger partial charge in [-0.25, -0.2) is 0 Å². The summed E-state index contributed by atoms with van der Waals surface area (Å²) in [5.41, 5.74) is 2.46. The van der Waals surface area contributed by atoms with E-state index in [2.05, 4.69) is 41.6 Å². The standard InChI is InChI=1S/C17H23N3O/c1-2-17-12-16(8-11-21-17)19-15-6-4-14(5-7-15)13-20-10-3-9-18-20/h3-7,9-10,16-17,19H,2,8,11-13H2,1H3. The van der Waals surface area contributed by atoms with Crippen LogP contribution in [-0.2, 0) is 11.3 Å². The topological polar surface area (TPSA) is 39.1 Å². The third kappa shape index (κ3) is 3.85. The van der Waals surface area contributed by atoms with E-state index in [1.54, 1.807) is 0 Å². The maximum Gasteiger partial charge on any atom is 0.0659 e. The Balaban J connectivity index is 1.56. The fourth-order valence-electron chi connectivity index (χ4n) is 2.82. The van der Waals surface area contributed by atoms with Crippen molar-refractivity contribution in [2.24, 2.45) is 0 Å². The predicted molar refractivity (Wildman–Crippen MR) is 84.4 cm³/mol. The summed E-state index contributed by atoms with van der Waals surface area (Å²) < 4.78 is 7.66. The summed E-state index contributed by atoms with van der Waals surface area (Å²) in [6.45, 7) is 3.88. The lowest BCUT2D eigenvalue weighted by molar-refractivity contribution is 0.00926. The van der Waals surface area contributed by atoms with Crippen molar-refractivity contribution in [2.75, 3.05) is 11.9 Å². The number of rotatable bonds is 5. The Bertz CT molecular complexity index is 536. The van der Waals surface area contributed by atoms with E-state index in [-0.39, 0.29) is 0 Å². The number of hydrogen-bond acceptors (Lipinski definition) is 3. The quantitative estimate of drug-likeness (QED) is 0.916. The highest BCUT2D eigenvalue weighted by Gasteiger charge is 2.20. The molecule has 1 N–H and O–H groups in total. The molecule has 2 unspecified atom stereocenters. The highest BCUT2D eigenvalue weighted by atomic mass is 16.5. The average Bonchev–Trinajstić information content (AvgIpc) is 3.02. The van der Waals surface area contributed by atoms with Gasteiger partial charge in [0.05, 0.1) is 12.6 Å². The second-order valence-electron chi connectivity index (χ2n) is 5.67. The van der Waals surface area contributed by atoms with Crippen LogP contribution in [0.1, 0.15) is 31.7 Å². The molecule has 1 saturated heterocycles. The Morgan fingerprint density at radius 1 is 1.33 bits per heavy atom. The first-order valence-electron chi connectivity index (χ1n) is 7.78. The van der Waals surface area contributed by atoms with Crippen molar-refractivity contribution in [1.29, 1.82) is 0 Å². The van der Waals surface area contributed by atoms with Crippen LogP contribution in [0.25, 0.3) is 0 Å². The van der Waals surface area contributed by atoms with Gasteiger partial charge in [-0.1, -0.05) is 19.1 Å². The molecule has 0 amide bonds. The van der Waals surface area contributed by atoms with E-state index in [1.807, 2.05) is 23.1 Å². The zero-order valence-corrected chi connectivity index (χ0v) is 12.5. The maximum atomic E-state index is 5.72. The van der Waals surface area contributed by atoms with Crippen molar-refractivity contribution in [3.8, 4) is 0 Å². The molecule has 0 spiro atoms. The van der Waals surface area contributed by atoms with Crippen molar-refractivity contribution in [3.63, 3.8) is 0 Å². The Kier molecular flexibility index (Phi) is 4.55. The van der Waals surface area contributed by atoms with E-state index in [0.717, 1.165) is 32.4 Å². The molecule has 1 aliphatic rings. The van der Waals surface area contributed by atoms with E-state index in [9.17, 15) is 0 Å². The molecular formula is C17H23N3O. The molecule has 1 aromatic heterocycles. The molecule has 2 aromatic rings. The van der Waals surface area contributed by atoms with Gasteiger partial charge in [-0.15, -0.1) is 0 Å². The van der Waals surface area contributed by atoms with Gasteiger partial charge in [0.1, 0.15) is 0 Å². The largest absolute Gasteiger partial charge is 0.382 e. The molecule has 2 atom stereocenters. The molecule has 1 aromatic carbocycles. The van der Waals surface area contributed by atoms with Gasteiger partial charge >= 0.3 is 0 Å². The number of nitrogens with zero attached hydrogens (tertiary/aromatic N) is 2. The van der Waals surface area contributed by atoms with Gasteiger partial charge in [0.25, 0.3) is 0 Å². The third-order valence-corrected chi connectivity index (χ3v) is 4.05. The number of anilines is 1. The van der Waals surface area contributed by atoms with Gasteiger partial charge in [-0.2, -0.15) is 5.10 Å². The summed E-state index contributed by atoms with van der Waals surface area (Å²) in [5, 5.41) is 7.86. The molecule has 112 valence electrons. The minimum Gasteiger partial charge on any atom is -0.382 e. The summed E-state index contributed by atoms with van der Waals surface area (Å²) in [6.07, 6.45) is 7.50. The molecule has 0 saturated carbocycles. The number of nitrogens with one attached hydrogen (secondary N) is 1. The first kappa shape index (κ1) is 14.1. The molecule has 4 heteroatoms. The molecule has 0 aliphatic carbocycles. The fourth-order valence-corrected chi connectivity index (χ4v) is 2.82. The zero-order valence-electron chi connectivity index (χ0n) is 12.5. The van der Waals surface area contributed by atoms with E-state index < -0.39 is 0 Å². The number of benzene rings is 1. The lowest BCUT2D eigenvalue weighted by atomic mass is 10.0. The Morgan fingerprint density at radius 3 is 2.90 bits per heavy atom. The van der Waals surface area contributed by atoms with Crippen LogP contribution in [0.15, 0.2) is 42.7 Å². The second kappa shape index (κ2) is 6.76. The molecule has 21 heavy (non-hydrogen) atoms. The molecule has 1 aliphatic heterocycles. The van der Waals surface area contributed by atoms with Crippen LogP contribution in [-0.4, -0.2) is 28.5 Å². The molecule has 1 fully saturated rings. The van der Waals surface area contributed by atoms with Crippen LogP contribution in [0.3, 0.4) is 0 Å². The van der Waals surface area contributed by atoms with Crippen LogP contribution in [0.2, 0.25) is 0 Å². The van der Waals surface area contributed by atoms with E-state index in [4.69, 9.17) is 4.74 Å². The van der Waals surface area contributed by atoms with Gasteiger partial charge in [0.15, 0.2) is 0 Å². The lowest BCUT2D eigenvalue weighted by Gasteiger charge is -2.30. The summed E-state index contributed by atoms with van der Waals surface area (Å²) in [4.78, 5) is 0. The summed E-state index contributed by atoms with van der Waals surface area (Å²) in [6, 6.07) is 11.1. The van der Waals surface area contributed by atoms with Crippen molar-refractivity contribution >= 4 is 5.69 Å². The first-order valence-corrected chi connectivity index (χ1v) is 7.78. The van der Waals surface area contributed by atoms with Crippen molar-refractivity contribution in [2.45, 2.75) is 44.9 Å². The van der Waals surface area contributed by atoms with Crippen molar-refractivity contribution in [1.82, 2.24) is 9.78 Å². The highest BCUT2D eigenvalue weighted by molar-refractivity contribution is 5.45. The summed E-state index contributed by atoms with van der Waals surface area (Å²) >= 11 is 0. The van der Waals surface area contributed by atoms with Crippen molar-refractivity contribution < 1.29 is 4.74 Å².